The van der Waals surface area contributed by atoms with Crippen molar-refractivity contribution in [3.63, 3.8) is 0 Å². The van der Waals surface area contributed by atoms with Crippen LogP contribution >= 0.6 is 0 Å². The molecule has 0 saturated heterocycles. The molecule has 0 saturated carbocycles. The first-order chi connectivity index (χ1) is 12.4. The molecule has 27 heavy (non-hydrogen) atoms. The molecule has 0 bridgehead atoms. The quantitative estimate of drug-likeness (QED) is 0.581. The highest BCUT2D eigenvalue weighted by molar-refractivity contribution is 6.77. The number of fused-ring (bicyclic) bond motifs is 4. The summed E-state index contributed by atoms with van der Waals surface area (Å²) < 4.78 is 0. The molecule has 0 heterocycles. The van der Waals surface area contributed by atoms with Crippen LogP contribution in [-0.4, -0.2) is 13.8 Å². The average Bonchev–Trinajstić information content (AvgIpc) is 2.96. The highest BCUT2D eigenvalue weighted by Gasteiger charge is 2.43. The van der Waals surface area contributed by atoms with Crippen LogP contribution in [0.5, 0.6) is 0 Å². The molecule has 2 heteroatoms. The van der Waals surface area contributed by atoms with E-state index in [1.807, 2.05) is 0 Å². The van der Waals surface area contributed by atoms with Crippen molar-refractivity contribution in [1.29, 1.82) is 0 Å². The molecule has 0 radical (unpaired) electrons. The fraction of sp³-hybridized carbons (Fsp3) is 0.440. The van der Waals surface area contributed by atoms with Gasteiger partial charge in [-0.3, -0.25) is 0 Å². The van der Waals surface area contributed by atoms with E-state index >= 15 is 0 Å². The molecule has 1 unspecified atom stereocenters. The fourth-order valence-electron chi connectivity index (χ4n) is 5.73. The number of rotatable bonds is 2. The van der Waals surface area contributed by atoms with Crippen molar-refractivity contribution in [2.45, 2.75) is 71.1 Å². The van der Waals surface area contributed by atoms with Crippen molar-refractivity contribution in [2.24, 2.45) is 0 Å². The van der Waals surface area contributed by atoms with E-state index in [0.717, 1.165) is 0 Å². The Hall–Kier alpha value is -1.64. The molecule has 0 amide bonds. The Labute approximate surface area is 166 Å². The van der Waals surface area contributed by atoms with Crippen molar-refractivity contribution in [1.82, 2.24) is 4.98 Å². The Balaban J connectivity index is 1.87. The van der Waals surface area contributed by atoms with Gasteiger partial charge in [0.1, 0.15) is 8.24 Å². The maximum atomic E-state index is 4.01. The van der Waals surface area contributed by atoms with Gasteiger partial charge in [0.15, 0.2) is 0 Å². The monoisotopic (exact) mass is 375 g/mol. The van der Waals surface area contributed by atoms with Crippen molar-refractivity contribution in [3.05, 3.63) is 64.2 Å². The van der Waals surface area contributed by atoms with Crippen molar-refractivity contribution < 1.29 is 0 Å². The summed E-state index contributed by atoms with van der Waals surface area (Å²) in [4.78, 5) is 4.01. The van der Waals surface area contributed by atoms with E-state index in [2.05, 4.69) is 102 Å². The van der Waals surface area contributed by atoms with Crippen molar-refractivity contribution >= 4 is 14.3 Å². The molecule has 142 valence electrons. The fourth-order valence-corrected chi connectivity index (χ4v) is 10.1. The summed E-state index contributed by atoms with van der Waals surface area (Å²) in [6.07, 6.45) is 2.44. The van der Waals surface area contributed by atoms with E-state index in [-0.39, 0.29) is 11.0 Å². The van der Waals surface area contributed by atoms with Gasteiger partial charge in [-0.2, -0.15) is 0 Å². The molecule has 0 spiro atoms. The second kappa shape index (κ2) is 5.68. The van der Waals surface area contributed by atoms with E-state index in [4.69, 9.17) is 0 Å². The highest BCUT2D eigenvalue weighted by Crippen LogP contribution is 2.52. The van der Waals surface area contributed by atoms with Crippen LogP contribution in [-0.2, 0) is 5.41 Å². The Kier molecular flexibility index (Phi) is 3.94. The van der Waals surface area contributed by atoms with Gasteiger partial charge in [0.25, 0.3) is 0 Å². The number of allylic oxidation sites excluding steroid dienone is 1. The molecule has 4 rings (SSSR count). The summed E-state index contributed by atoms with van der Waals surface area (Å²) in [6, 6.07) is 13.9. The molecular formula is C25H33NSi. The third-order valence-electron chi connectivity index (χ3n) is 6.36. The summed E-state index contributed by atoms with van der Waals surface area (Å²) in [7, 11) is -1.70. The Bertz CT molecular complexity index is 957. The molecule has 1 nitrogen and oxygen atoms in total. The lowest BCUT2D eigenvalue weighted by molar-refractivity contribution is 0.508. The first-order valence-corrected chi connectivity index (χ1v) is 13.3. The van der Waals surface area contributed by atoms with Gasteiger partial charge < -0.3 is 4.98 Å². The largest absolute Gasteiger partial charge is 0.332 e. The van der Waals surface area contributed by atoms with Crippen LogP contribution in [0, 0.1) is 0 Å². The standard InChI is InChI=1S/C25H33NSi/c1-16-13-17-14-20-18-11-9-10-12-21(18)25(5,6)22(20)15-19(17)23(16)27(7,8)26-24(2,3)4/h9-15,23,26H,1-8H3. The van der Waals surface area contributed by atoms with E-state index in [0.29, 0.717) is 5.54 Å². The molecule has 0 fully saturated rings. The minimum Gasteiger partial charge on any atom is -0.332 e. The molecule has 2 aromatic carbocycles. The third kappa shape index (κ3) is 2.85. The lowest BCUT2D eigenvalue weighted by Crippen LogP contribution is -2.58. The number of hydrogen-bond acceptors (Lipinski definition) is 1. The molecule has 2 aromatic rings. The van der Waals surface area contributed by atoms with Gasteiger partial charge in [-0.15, -0.1) is 0 Å². The highest BCUT2D eigenvalue weighted by atomic mass is 28.3. The van der Waals surface area contributed by atoms with Gasteiger partial charge in [0.2, 0.25) is 0 Å². The molecule has 0 aliphatic heterocycles. The van der Waals surface area contributed by atoms with E-state index in [1.165, 1.54) is 33.4 Å². The molecule has 2 aliphatic rings. The number of benzene rings is 2. The predicted octanol–water partition coefficient (Wildman–Crippen LogP) is 6.63. The lowest BCUT2D eigenvalue weighted by atomic mass is 9.81. The molecule has 0 aromatic heterocycles. The molecule has 1 N–H and O–H groups in total. The maximum absolute atomic E-state index is 4.01. The first kappa shape index (κ1) is 18.7. The number of nitrogens with one attached hydrogen (secondary N) is 1. The normalized spacial score (nSPS) is 20.1. The smallest absolute Gasteiger partial charge is 0.131 e. The van der Waals surface area contributed by atoms with Gasteiger partial charge in [-0.1, -0.05) is 68.9 Å². The van der Waals surface area contributed by atoms with Crippen LogP contribution < -0.4 is 4.98 Å². The zero-order valence-corrected chi connectivity index (χ0v) is 19.1. The van der Waals surface area contributed by atoms with Crippen LogP contribution in [0.4, 0.5) is 0 Å². The van der Waals surface area contributed by atoms with Gasteiger partial charge in [0.05, 0.1) is 0 Å². The zero-order chi connectivity index (χ0) is 19.8. The van der Waals surface area contributed by atoms with Gasteiger partial charge in [-0.25, -0.2) is 0 Å². The SMILES string of the molecule is CC1=Cc2cc3c(cc2C1[Si](C)(C)NC(C)(C)C)C(C)(C)c1ccccc1-3. The van der Waals surface area contributed by atoms with Gasteiger partial charge >= 0.3 is 0 Å². The van der Waals surface area contributed by atoms with E-state index in [1.54, 1.807) is 5.56 Å². The maximum Gasteiger partial charge on any atom is 0.131 e. The Morgan fingerprint density at radius 3 is 2.30 bits per heavy atom. The summed E-state index contributed by atoms with van der Waals surface area (Å²) in [5.41, 5.74) is 11.1. The van der Waals surface area contributed by atoms with E-state index < -0.39 is 8.24 Å². The van der Waals surface area contributed by atoms with Crippen LogP contribution in [0.15, 0.2) is 42.0 Å². The number of hydrogen-bond donors (Lipinski definition) is 1. The second-order valence-corrected chi connectivity index (χ2v) is 14.9. The second-order valence-electron chi connectivity index (χ2n) is 10.6. The minimum atomic E-state index is -1.70. The third-order valence-corrected chi connectivity index (χ3v) is 9.96. The molecule has 2 aliphatic carbocycles. The topological polar surface area (TPSA) is 12.0 Å². The Morgan fingerprint density at radius 2 is 1.63 bits per heavy atom. The summed E-state index contributed by atoms with van der Waals surface area (Å²) >= 11 is 0. The van der Waals surface area contributed by atoms with Crippen LogP contribution in [0.3, 0.4) is 0 Å². The summed E-state index contributed by atoms with van der Waals surface area (Å²) in [5.74, 6) is 0. The summed E-state index contributed by atoms with van der Waals surface area (Å²) in [6.45, 7) is 18.9. The van der Waals surface area contributed by atoms with Crippen LogP contribution in [0.2, 0.25) is 13.1 Å². The molecular weight excluding hydrogens is 342 g/mol. The van der Waals surface area contributed by atoms with E-state index in [9.17, 15) is 0 Å². The van der Waals surface area contributed by atoms with Crippen LogP contribution in [0.25, 0.3) is 17.2 Å². The van der Waals surface area contributed by atoms with Gasteiger partial charge in [-0.05, 0) is 67.1 Å². The lowest BCUT2D eigenvalue weighted by Gasteiger charge is -2.39. The van der Waals surface area contributed by atoms with Crippen LogP contribution in [0.1, 0.15) is 69.3 Å². The molecule has 1 atom stereocenters. The van der Waals surface area contributed by atoms with Crippen molar-refractivity contribution in [2.75, 3.05) is 0 Å². The average molecular weight is 376 g/mol. The zero-order valence-electron chi connectivity index (χ0n) is 18.1. The van der Waals surface area contributed by atoms with Crippen molar-refractivity contribution in [3.8, 4) is 11.1 Å². The first-order valence-electron chi connectivity index (χ1n) is 10.2. The van der Waals surface area contributed by atoms with Gasteiger partial charge in [0, 0.05) is 16.5 Å². The summed E-state index contributed by atoms with van der Waals surface area (Å²) in [5, 5.41) is 0. The Morgan fingerprint density at radius 1 is 0.963 bits per heavy atom. The minimum absolute atomic E-state index is 0.0746. The predicted molar refractivity (Wildman–Crippen MR) is 121 cm³/mol.